The van der Waals surface area contributed by atoms with Gasteiger partial charge >= 0.3 is 0 Å². The van der Waals surface area contributed by atoms with Crippen LogP contribution in [0.1, 0.15) is 11.3 Å². The first-order chi connectivity index (χ1) is 14.7. The van der Waals surface area contributed by atoms with Gasteiger partial charge in [0.2, 0.25) is 5.43 Å². The van der Waals surface area contributed by atoms with Gasteiger partial charge in [0, 0.05) is 36.6 Å². The summed E-state index contributed by atoms with van der Waals surface area (Å²) >= 11 is 0. The van der Waals surface area contributed by atoms with Gasteiger partial charge in [-0.15, -0.1) is 0 Å². The minimum atomic E-state index is -0.233. The monoisotopic (exact) mass is 396 g/mol. The van der Waals surface area contributed by atoms with Crippen molar-refractivity contribution in [1.82, 2.24) is 19.6 Å². The van der Waals surface area contributed by atoms with Crippen molar-refractivity contribution in [3.8, 4) is 11.4 Å². The van der Waals surface area contributed by atoms with Crippen molar-refractivity contribution in [2.75, 3.05) is 5.32 Å². The number of benzene rings is 2. The van der Waals surface area contributed by atoms with Gasteiger partial charge in [-0.3, -0.25) is 4.79 Å². The van der Waals surface area contributed by atoms with Crippen molar-refractivity contribution < 1.29 is 0 Å². The molecule has 0 aliphatic rings. The molecule has 2 aromatic heterocycles. The molecule has 2 heterocycles. The maximum absolute atomic E-state index is 12.6. The maximum atomic E-state index is 12.6. The molecule has 0 saturated heterocycles. The average Bonchev–Trinajstić information content (AvgIpc) is 3.30. The van der Waals surface area contributed by atoms with Gasteiger partial charge in [-0.1, -0.05) is 24.3 Å². The number of nitrogens with zero attached hydrogens (tertiary/aromatic N) is 4. The van der Waals surface area contributed by atoms with Gasteiger partial charge in [-0.25, -0.2) is 9.36 Å². The highest BCUT2D eigenvalue weighted by molar-refractivity contribution is 5.86. The normalized spacial score (nSPS) is 11.3. The van der Waals surface area contributed by atoms with E-state index in [9.17, 15) is 4.79 Å². The number of aryl methyl sites for hydroxylation is 1. The van der Waals surface area contributed by atoms with Crippen LogP contribution in [0.3, 0.4) is 0 Å². The molecule has 0 saturated carbocycles. The Morgan fingerprint density at radius 2 is 1.87 bits per heavy atom. The van der Waals surface area contributed by atoms with Crippen LogP contribution in [-0.4, -0.2) is 25.8 Å². The van der Waals surface area contributed by atoms with Gasteiger partial charge in [0.05, 0.1) is 17.1 Å². The van der Waals surface area contributed by atoms with E-state index >= 15 is 0 Å². The van der Waals surface area contributed by atoms with Crippen LogP contribution in [0.25, 0.3) is 17.1 Å². The number of para-hydroxylation sites is 1. The molecule has 30 heavy (non-hydrogen) atoms. The van der Waals surface area contributed by atoms with Crippen LogP contribution in [0.4, 0.5) is 5.69 Å². The second-order valence-electron chi connectivity index (χ2n) is 6.63. The lowest BCUT2D eigenvalue weighted by Crippen LogP contribution is -2.19. The van der Waals surface area contributed by atoms with Crippen LogP contribution in [0.15, 0.2) is 90.1 Å². The third kappa shape index (κ3) is 3.95. The van der Waals surface area contributed by atoms with Crippen LogP contribution in [0, 0.1) is 12.3 Å². The Bertz CT molecular complexity index is 1260. The summed E-state index contributed by atoms with van der Waals surface area (Å²) in [6, 6.07) is 18.7. The summed E-state index contributed by atoms with van der Waals surface area (Å²) in [6.45, 7) is 1.98. The van der Waals surface area contributed by atoms with E-state index in [1.165, 1.54) is 12.1 Å². The molecule has 0 spiro atoms. The Kier molecular flexibility index (Phi) is 5.34. The zero-order valence-electron chi connectivity index (χ0n) is 16.4. The van der Waals surface area contributed by atoms with Gasteiger partial charge in [0.1, 0.15) is 0 Å². The van der Waals surface area contributed by atoms with E-state index in [2.05, 4.69) is 15.5 Å². The summed E-state index contributed by atoms with van der Waals surface area (Å²) in [5, 5.41) is 19.5. The van der Waals surface area contributed by atoms with Gasteiger partial charge in [0.15, 0.2) is 5.69 Å². The summed E-state index contributed by atoms with van der Waals surface area (Å²) in [4.78, 5) is 12.6. The van der Waals surface area contributed by atoms with Crippen molar-refractivity contribution in [3.05, 3.63) is 107 Å². The number of nitrogens with one attached hydrogen (secondary N) is 2. The van der Waals surface area contributed by atoms with Crippen molar-refractivity contribution in [1.29, 1.82) is 5.41 Å². The van der Waals surface area contributed by atoms with Crippen LogP contribution in [-0.2, 0) is 0 Å². The van der Waals surface area contributed by atoms with Crippen LogP contribution in [0.2, 0.25) is 0 Å². The van der Waals surface area contributed by atoms with Crippen LogP contribution < -0.4 is 10.7 Å². The highest BCUT2D eigenvalue weighted by Gasteiger charge is 2.12. The smallest absolute Gasteiger partial charge is 0.209 e. The molecule has 0 amide bonds. The molecule has 0 aliphatic carbocycles. The third-order valence-electron chi connectivity index (χ3n) is 4.57. The first kappa shape index (κ1) is 19.1. The molecule has 0 fully saturated rings. The van der Waals surface area contributed by atoms with Crippen LogP contribution in [0.5, 0.6) is 0 Å². The second kappa shape index (κ2) is 8.40. The van der Waals surface area contributed by atoms with Crippen molar-refractivity contribution in [3.63, 3.8) is 0 Å². The predicted octanol–water partition coefficient (Wildman–Crippen LogP) is 3.83. The van der Waals surface area contributed by atoms with E-state index in [1.807, 2.05) is 67.7 Å². The number of rotatable bonds is 6. The average molecular weight is 396 g/mol. The Morgan fingerprint density at radius 1 is 1.03 bits per heavy atom. The van der Waals surface area contributed by atoms with E-state index < -0.39 is 0 Å². The standard InChI is InChI=1S/C23H20N6O/c1-17-8-9-19(28-14-5-13-25-28)16-21(17)29-15-11-22(30)23(27-29)20(10-12-24)26-18-6-3-2-4-7-18/h2-16,24,26H,1H3/b20-10-,24-12?. The van der Waals surface area contributed by atoms with Gasteiger partial charge in [-0.05, 0) is 48.9 Å². The highest BCUT2D eigenvalue weighted by atomic mass is 16.1. The van der Waals surface area contributed by atoms with E-state index in [-0.39, 0.29) is 11.1 Å². The topological polar surface area (TPSA) is 88.6 Å². The minimum absolute atomic E-state index is 0.230. The predicted molar refractivity (Wildman–Crippen MR) is 119 cm³/mol. The highest BCUT2D eigenvalue weighted by Crippen LogP contribution is 2.19. The summed E-state index contributed by atoms with van der Waals surface area (Å²) in [7, 11) is 0. The van der Waals surface area contributed by atoms with E-state index in [0.717, 1.165) is 28.8 Å². The number of hydrogen-bond donors (Lipinski definition) is 2. The Labute approximate surface area is 173 Å². The van der Waals surface area contributed by atoms with Gasteiger partial charge in [-0.2, -0.15) is 10.2 Å². The molecule has 0 unspecified atom stereocenters. The van der Waals surface area contributed by atoms with Crippen molar-refractivity contribution in [2.24, 2.45) is 0 Å². The fraction of sp³-hybridized carbons (Fsp3) is 0.0435. The quantitative estimate of drug-likeness (QED) is 0.485. The molecular weight excluding hydrogens is 376 g/mol. The molecule has 0 aliphatic heterocycles. The molecule has 7 nitrogen and oxygen atoms in total. The molecule has 0 bridgehead atoms. The van der Waals surface area contributed by atoms with Crippen molar-refractivity contribution >= 4 is 17.6 Å². The third-order valence-corrected chi connectivity index (χ3v) is 4.57. The lowest BCUT2D eigenvalue weighted by atomic mass is 10.1. The van der Waals surface area contributed by atoms with Crippen molar-refractivity contribution in [2.45, 2.75) is 6.92 Å². The SMILES string of the molecule is Cc1ccc(-n2cccn2)cc1-n1ccc(=O)c(/C(=C/C=N)Nc2ccccc2)n1. The van der Waals surface area contributed by atoms with E-state index in [0.29, 0.717) is 5.70 Å². The first-order valence-electron chi connectivity index (χ1n) is 9.40. The Morgan fingerprint density at radius 3 is 2.60 bits per heavy atom. The fourth-order valence-corrected chi connectivity index (χ4v) is 3.08. The number of anilines is 1. The van der Waals surface area contributed by atoms with Gasteiger partial charge < -0.3 is 10.7 Å². The lowest BCUT2D eigenvalue weighted by molar-refractivity contribution is 0.812. The molecule has 4 aromatic rings. The van der Waals surface area contributed by atoms with Gasteiger partial charge in [0.25, 0.3) is 0 Å². The minimum Gasteiger partial charge on any atom is -0.354 e. The molecular formula is C23H20N6O. The molecule has 0 radical (unpaired) electrons. The largest absolute Gasteiger partial charge is 0.354 e. The molecule has 7 heteroatoms. The van der Waals surface area contributed by atoms with E-state index in [4.69, 9.17) is 5.41 Å². The lowest BCUT2D eigenvalue weighted by Gasteiger charge is -2.14. The fourth-order valence-electron chi connectivity index (χ4n) is 3.08. The summed E-state index contributed by atoms with van der Waals surface area (Å²) in [5.74, 6) is 0. The zero-order chi connectivity index (χ0) is 20.9. The zero-order valence-corrected chi connectivity index (χ0v) is 16.4. The Hall–Kier alpha value is -4.26. The molecule has 0 atom stereocenters. The maximum Gasteiger partial charge on any atom is 0.209 e. The van der Waals surface area contributed by atoms with E-state index in [1.54, 1.807) is 21.8 Å². The number of hydrogen-bond acceptors (Lipinski definition) is 5. The second-order valence-corrected chi connectivity index (χ2v) is 6.63. The van der Waals surface area contributed by atoms with Crippen LogP contribution >= 0.6 is 0 Å². The summed E-state index contributed by atoms with van der Waals surface area (Å²) in [6.07, 6.45) is 7.89. The molecule has 4 rings (SSSR count). The summed E-state index contributed by atoms with van der Waals surface area (Å²) in [5.41, 5.74) is 3.98. The molecule has 2 aromatic carbocycles. The first-order valence-corrected chi connectivity index (χ1v) is 9.40. The number of aromatic nitrogens is 4. The molecule has 148 valence electrons. The number of allylic oxidation sites excluding steroid dienone is 1. The Balaban J connectivity index is 1.78. The summed E-state index contributed by atoms with van der Waals surface area (Å²) < 4.78 is 3.44. The molecule has 2 N–H and O–H groups in total.